The molecule has 82 valence electrons. The minimum atomic E-state index is -0.434. The number of hydrogen-bond donors (Lipinski definition) is 1. The molecule has 2 N–H and O–H groups in total. The second-order valence-electron chi connectivity index (χ2n) is 3.73. The quantitative estimate of drug-likeness (QED) is 0.834. The van der Waals surface area contributed by atoms with Crippen molar-refractivity contribution in [2.75, 3.05) is 0 Å². The number of rotatable bonds is 2. The van der Waals surface area contributed by atoms with E-state index in [4.69, 9.17) is 5.73 Å². The van der Waals surface area contributed by atoms with Crippen LogP contribution in [0.5, 0.6) is 0 Å². The number of nitrogens with two attached hydrogens (primary N) is 1. The number of pyridine rings is 1. The van der Waals surface area contributed by atoms with E-state index in [9.17, 15) is 9.18 Å². The molecular formula is C12H11FN2O. The predicted octanol–water partition coefficient (Wildman–Crippen LogP) is 1.71. The van der Waals surface area contributed by atoms with Gasteiger partial charge in [-0.25, -0.2) is 4.39 Å². The lowest BCUT2D eigenvalue weighted by molar-refractivity contribution is -0.117. The van der Waals surface area contributed by atoms with Gasteiger partial charge in [0, 0.05) is 11.1 Å². The van der Waals surface area contributed by atoms with Crippen molar-refractivity contribution in [2.24, 2.45) is 5.73 Å². The second kappa shape index (κ2) is 3.89. The minimum Gasteiger partial charge on any atom is -0.369 e. The van der Waals surface area contributed by atoms with Crippen molar-refractivity contribution in [3.05, 3.63) is 41.3 Å². The van der Waals surface area contributed by atoms with Gasteiger partial charge in [0.25, 0.3) is 0 Å². The summed E-state index contributed by atoms with van der Waals surface area (Å²) >= 11 is 0. The van der Waals surface area contributed by atoms with Crippen molar-refractivity contribution in [1.29, 1.82) is 0 Å². The number of nitrogens with zero attached hydrogens (tertiary/aromatic N) is 1. The number of fused-ring (bicyclic) bond motifs is 1. The van der Waals surface area contributed by atoms with Crippen LogP contribution in [0.2, 0.25) is 0 Å². The van der Waals surface area contributed by atoms with Crippen LogP contribution in [-0.4, -0.2) is 10.9 Å². The van der Waals surface area contributed by atoms with Crippen molar-refractivity contribution < 1.29 is 9.18 Å². The number of aromatic nitrogens is 1. The average molecular weight is 218 g/mol. The fraction of sp³-hybridized carbons (Fsp3) is 0.167. The van der Waals surface area contributed by atoms with Gasteiger partial charge in [-0.3, -0.25) is 9.78 Å². The fourth-order valence-electron chi connectivity index (χ4n) is 1.75. The van der Waals surface area contributed by atoms with E-state index in [2.05, 4.69) is 4.98 Å². The summed E-state index contributed by atoms with van der Waals surface area (Å²) < 4.78 is 13.1. The van der Waals surface area contributed by atoms with E-state index in [1.54, 1.807) is 12.1 Å². The molecule has 0 bridgehead atoms. The Labute approximate surface area is 92.1 Å². The van der Waals surface area contributed by atoms with Crippen molar-refractivity contribution in [3.8, 4) is 0 Å². The molecular weight excluding hydrogens is 207 g/mol. The average Bonchev–Trinajstić information content (AvgIpc) is 2.18. The van der Waals surface area contributed by atoms with Crippen LogP contribution >= 0.6 is 0 Å². The molecule has 0 saturated carbocycles. The molecule has 0 fully saturated rings. The first-order chi connectivity index (χ1) is 7.56. The van der Waals surface area contributed by atoms with Crippen LogP contribution in [0.4, 0.5) is 4.39 Å². The zero-order valence-corrected chi connectivity index (χ0v) is 8.83. The molecule has 1 amide bonds. The number of halogens is 1. The van der Waals surface area contributed by atoms with Crippen LogP contribution < -0.4 is 5.73 Å². The topological polar surface area (TPSA) is 56.0 Å². The summed E-state index contributed by atoms with van der Waals surface area (Å²) in [6, 6.07) is 6.08. The number of hydrogen-bond acceptors (Lipinski definition) is 2. The molecule has 1 heterocycles. The third kappa shape index (κ3) is 2.00. The number of benzene rings is 1. The molecule has 16 heavy (non-hydrogen) atoms. The highest BCUT2D eigenvalue weighted by Crippen LogP contribution is 2.19. The Kier molecular flexibility index (Phi) is 2.56. The van der Waals surface area contributed by atoms with Crippen LogP contribution in [-0.2, 0) is 11.2 Å². The maximum absolute atomic E-state index is 13.1. The molecule has 3 nitrogen and oxygen atoms in total. The van der Waals surface area contributed by atoms with Crippen molar-refractivity contribution >= 4 is 16.8 Å². The number of primary amides is 1. The summed E-state index contributed by atoms with van der Waals surface area (Å²) in [7, 11) is 0. The molecule has 0 aliphatic rings. The summed E-state index contributed by atoms with van der Waals surface area (Å²) in [6.45, 7) is 1.83. The third-order valence-corrected chi connectivity index (χ3v) is 2.35. The Balaban J connectivity index is 2.69. The summed E-state index contributed by atoms with van der Waals surface area (Å²) in [5, 5.41) is 0.643. The van der Waals surface area contributed by atoms with Gasteiger partial charge in [-0.05, 0) is 36.8 Å². The first-order valence-corrected chi connectivity index (χ1v) is 4.90. The Bertz CT molecular complexity index is 566. The SMILES string of the molecule is Cc1cc(CC(N)=O)c2cc(F)ccc2n1. The van der Waals surface area contributed by atoms with E-state index in [1.807, 2.05) is 6.92 Å². The third-order valence-electron chi connectivity index (χ3n) is 2.35. The zero-order chi connectivity index (χ0) is 11.7. The number of carbonyl (C=O) groups is 1. The van der Waals surface area contributed by atoms with Crippen molar-refractivity contribution in [1.82, 2.24) is 4.98 Å². The van der Waals surface area contributed by atoms with Crippen LogP contribution in [0.25, 0.3) is 10.9 Å². The second-order valence-corrected chi connectivity index (χ2v) is 3.73. The lowest BCUT2D eigenvalue weighted by Gasteiger charge is -2.06. The summed E-state index contributed by atoms with van der Waals surface area (Å²) in [6.07, 6.45) is 0.101. The minimum absolute atomic E-state index is 0.101. The first kappa shape index (κ1) is 10.5. The lowest BCUT2D eigenvalue weighted by Crippen LogP contribution is -2.14. The van der Waals surface area contributed by atoms with E-state index < -0.39 is 5.91 Å². The lowest BCUT2D eigenvalue weighted by atomic mass is 10.0. The molecule has 0 spiro atoms. The van der Waals surface area contributed by atoms with Gasteiger partial charge in [-0.15, -0.1) is 0 Å². The van der Waals surface area contributed by atoms with Gasteiger partial charge in [-0.2, -0.15) is 0 Å². The molecule has 2 rings (SSSR count). The van der Waals surface area contributed by atoms with Crippen LogP contribution in [0.1, 0.15) is 11.3 Å². The van der Waals surface area contributed by atoms with Gasteiger partial charge >= 0.3 is 0 Å². The Hall–Kier alpha value is -1.97. The van der Waals surface area contributed by atoms with Gasteiger partial charge in [0.05, 0.1) is 11.9 Å². The molecule has 0 radical (unpaired) electrons. The van der Waals surface area contributed by atoms with Gasteiger partial charge in [0.1, 0.15) is 5.82 Å². The molecule has 0 unspecified atom stereocenters. The highest BCUT2D eigenvalue weighted by Gasteiger charge is 2.07. The first-order valence-electron chi connectivity index (χ1n) is 4.90. The monoisotopic (exact) mass is 218 g/mol. The highest BCUT2D eigenvalue weighted by atomic mass is 19.1. The Morgan fingerprint density at radius 3 is 2.88 bits per heavy atom. The molecule has 4 heteroatoms. The van der Waals surface area contributed by atoms with Gasteiger partial charge in [-0.1, -0.05) is 0 Å². The predicted molar refractivity (Wildman–Crippen MR) is 59.3 cm³/mol. The summed E-state index contributed by atoms with van der Waals surface area (Å²) in [5.74, 6) is -0.778. The van der Waals surface area contributed by atoms with Gasteiger partial charge in [0.15, 0.2) is 0 Å². The Morgan fingerprint density at radius 2 is 2.19 bits per heavy atom. The summed E-state index contributed by atoms with van der Waals surface area (Å²) in [4.78, 5) is 15.2. The Morgan fingerprint density at radius 1 is 1.44 bits per heavy atom. The van der Waals surface area contributed by atoms with Crippen LogP contribution in [0, 0.1) is 12.7 Å². The number of carbonyl (C=O) groups excluding carboxylic acids is 1. The standard InChI is InChI=1S/C12H11FN2O/c1-7-4-8(5-12(14)16)10-6-9(13)2-3-11(10)15-7/h2-4,6H,5H2,1H3,(H2,14,16). The van der Waals surface area contributed by atoms with Gasteiger partial charge in [0.2, 0.25) is 5.91 Å². The number of aryl methyl sites for hydroxylation is 1. The molecule has 2 aromatic rings. The fourth-order valence-corrected chi connectivity index (χ4v) is 1.75. The summed E-state index contributed by atoms with van der Waals surface area (Å²) in [5.41, 5.74) is 7.33. The maximum atomic E-state index is 13.1. The molecule has 0 atom stereocenters. The molecule has 1 aromatic carbocycles. The van der Waals surface area contributed by atoms with E-state index in [0.29, 0.717) is 10.9 Å². The van der Waals surface area contributed by atoms with Crippen molar-refractivity contribution in [3.63, 3.8) is 0 Å². The normalized spacial score (nSPS) is 10.6. The van der Waals surface area contributed by atoms with E-state index >= 15 is 0 Å². The number of amides is 1. The molecule has 0 aliphatic carbocycles. The van der Waals surface area contributed by atoms with E-state index in [1.165, 1.54) is 12.1 Å². The van der Waals surface area contributed by atoms with E-state index in [0.717, 1.165) is 11.3 Å². The molecule has 0 aliphatic heterocycles. The van der Waals surface area contributed by atoms with Crippen LogP contribution in [0.15, 0.2) is 24.3 Å². The van der Waals surface area contributed by atoms with Crippen molar-refractivity contribution in [2.45, 2.75) is 13.3 Å². The smallest absolute Gasteiger partial charge is 0.221 e. The van der Waals surface area contributed by atoms with E-state index in [-0.39, 0.29) is 12.2 Å². The highest BCUT2D eigenvalue weighted by molar-refractivity contribution is 5.87. The van der Waals surface area contributed by atoms with Crippen LogP contribution in [0.3, 0.4) is 0 Å². The molecule has 1 aromatic heterocycles. The van der Waals surface area contributed by atoms with Gasteiger partial charge < -0.3 is 5.73 Å². The maximum Gasteiger partial charge on any atom is 0.221 e. The largest absolute Gasteiger partial charge is 0.369 e. The zero-order valence-electron chi connectivity index (χ0n) is 8.83. The molecule has 0 saturated heterocycles.